The molecule has 0 amide bonds. The van der Waals surface area contributed by atoms with Crippen LogP contribution in [0.3, 0.4) is 0 Å². The number of fused-ring (bicyclic) bond motifs is 4. The Hall–Kier alpha value is -0.540. The van der Waals surface area contributed by atoms with Crippen LogP contribution in [0.5, 0.6) is 0 Å². The van der Waals surface area contributed by atoms with E-state index in [4.69, 9.17) is 14.2 Å². The van der Waals surface area contributed by atoms with Gasteiger partial charge >= 0.3 is 0 Å². The SMILES string of the molecule is C=C1O[C@@H]2C[C@@]1(C)C[C@H]1OC3(CCCCC3)OC21. The Morgan fingerprint density at radius 3 is 2.56 bits per heavy atom. The lowest BCUT2D eigenvalue weighted by molar-refractivity contribution is -0.200. The van der Waals surface area contributed by atoms with E-state index in [1.54, 1.807) is 0 Å². The van der Waals surface area contributed by atoms with Crippen molar-refractivity contribution >= 4 is 0 Å². The minimum atomic E-state index is -0.279. The Kier molecular flexibility index (Phi) is 2.21. The van der Waals surface area contributed by atoms with Gasteiger partial charge in [0.2, 0.25) is 0 Å². The molecule has 2 aliphatic carbocycles. The quantitative estimate of drug-likeness (QED) is 0.661. The van der Waals surface area contributed by atoms with Gasteiger partial charge in [-0.05, 0) is 25.7 Å². The van der Waals surface area contributed by atoms with Crippen LogP contribution in [0.1, 0.15) is 51.9 Å². The topological polar surface area (TPSA) is 27.7 Å². The van der Waals surface area contributed by atoms with Crippen molar-refractivity contribution in [3.8, 4) is 0 Å². The number of hydrogen-bond acceptors (Lipinski definition) is 3. The Morgan fingerprint density at radius 2 is 1.78 bits per heavy atom. The van der Waals surface area contributed by atoms with Crippen molar-refractivity contribution in [3.63, 3.8) is 0 Å². The van der Waals surface area contributed by atoms with Crippen LogP contribution in [0, 0.1) is 5.41 Å². The van der Waals surface area contributed by atoms with E-state index in [2.05, 4.69) is 13.5 Å². The number of ether oxygens (including phenoxy) is 3. The summed E-state index contributed by atoms with van der Waals surface area (Å²) in [6.07, 6.45) is 8.47. The molecule has 1 spiro atoms. The Bertz CT molecular complexity index is 385. The molecule has 2 aliphatic heterocycles. The second-order valence-electron chi connectivity index (χ2n) is 6.76. The molecule has 0 N–H and O–H groups in total. The fourth-order valence-corrected chi connectivity index (χ4v) is 4.24. The summed E-state index contributed by atoms with van der Waals surface area (Å²) in [5.41, 5.74) is 0.107. The van der Waals surface area contributed by atoms with E-state index in [1.807, 2.05) is 0 Å². The van der Waals surface area contributed by atoms with Crippen molar-refractivity contribution in [1.82, 2.24) is 0 Å². The highest BCUT2D eigenvalue weighted by Gasteiger charge is 2.60. The molecule has 4 fully saturated rings. The molecule has 3 nitrogen and oxygen atoms in total. The monoisotopic (exact) mass is 250 g/mol. The van der Waals surface area contributed by atoms with Gasteiger partial charge in [0.25, 0.3) is 0 Å². The Morgan fingerprint density at radius 1 is 1.06 bits per heavy atom. The zero-order chi connectivity index (χ0) is 12.4. The van der Waals surface area contributed by atoms with Gasteiger partial charge in [0.05, 0.1) is 11.9 Å². The van der Waals surface area contributed by atoms with Crippen LogP contribution in [0.15, 0.2) is 12.3 Å². The van der Waals surface area contributed by atoms with Crippen molar-refractivity contribution in [2.24, 2.45) is 5.41 Å². The maximum Gasteiger partial charge on any atom is 0.169 e. The van der Waals surface area contributed by atoms with Gasteiger partial charge in [0, 0.05) is 18.3 Å². The van der Waals surface area contributed by atoms with E-state index in [1.165, 1.54) is 19.3 Å². The summed E-state index contributed by atoms with van der Waals surface area (Å²) in [6, 6.07) is 0. The molecule has 18 heavy (non-hydrogen) atoms. The van der Waals surface area contributed by atoms with Crippen LogP contribution < -0.4 is 0 Å². The third kappa shape index (κ3) is 1.44. The van der Waals surface area contributed by atoms with Crippen LogP contribution in [0.4, 0.5) is 0 Å². The first-order valence-corrected chi connectivity index (χ1v) is 7.32. The summed E-state index contributed by atoms with van der Waals surface area (Å²) >= 11 is 0. The van der Waals surface area contributed by atoms with Crippen molar-refractivity contribution in [1.29, 1.82) is 0 Å². The average Bonchev–Trinajstić information content (AvgIpc) is 2.79. The van der Waals surface area contributed by atoms with Gasteiger partial charge in [-0.2, -0.15) is 0 Å². The first kappa shape index (κ1) is 11.3. The molecule has 0 aromatic heterocycles. The van der Waals surface area contributed by atoms with Crippen LogP contribution in [0.25, 0.3) is 0 Å². The molecule has 2 heterocycles. The molecule has 4 atom stereocenters. The van der Waals surface area contributed by atoms with Gasteiger partial charge in [0.1, 0.15) is 12.2 Å². The van der Waals surface area contributed by atoms with E-state index in [-0.39, 0.29) is 29.5 Å². The fraction of sp³-hybridized carbons (Fsp3) is 0.867. The summed E-state index contributed by atoms with van der Waals surface area (Å²) in [7, 11) is 0. The molecule has 0 aromatic rings. The van der Waals surface area contributed by atoms with Crippen molar-refractivity contribution in [2.75, 3.05) is 0 Å². The van der Waals surface area contributed by atoms with Crippen LogP contribution >= 0.6 is 0 Å². The second kappa shape index (κ2) is 3.51. The highest BCUT2D eigenvalue weighted by Crippen LogP contribution is 2.56. The van der Waals surface area contributed by atoms with Gasteiger partial charge in [0.15, 0.2) is 5.79 Å². The first-order chi connectivity index (χ1) is 8.60. The number of allylic oxidation sites excluding steroid dienone is 1. The molecule has 2 saturated carbocycles. The van der Waals surface area contributed by atoms with Gasteiger partial charge in [-0.3, -0.25) is 0 Å². The van der Waals surface area contributed by atoms with Crippen LogP contribution in [-0.4, -0.2) is 24.1 Å². The van der Waals surface area contributed by atoms with Crippen molar-refractivity contribution in [3.05, 3.63) is 12.3 Å². The Labute approximate surface area is 108 Å². The molecule has 1 unspecified atom stereocenters. The lowest BCUT2D eigenvalue weighted by Gasteiger charge is -2.32. The van der Waals surface area contributed by atoms with E-state index in [0.717, 1.165) is 31.4 Å². The fourth-order valence-electron chi connectivity index (χ4n) is 4.24. The number of hydrogen-bond donors (Lipinski definition) is 0. The van der Waals surface area contributed by atoms with Crippen molar-refractivity contribution in [2.45, 2.75) is 76.0 Å². The van der Waals surface area contributed by atoms with E-state index >= 15 is 0 Å². The first-order valence-electron chi connectivity index (χ1n) is 7.32. The highest BCUT2D eigenvalue weighted by molar-refractivity contribution is 5.16. The molecular weight excluding hydrogens is 228 g/mol. The summed E-state index contributed by atoms with van der Waals surface area (Å²) in [6.45, 7) is 6.32. The highest BCUT2D eigenvalue weighted by atomic mass is 16.8. The van der Waals surface area contributed by atoms with Gasteiger partial charge in [-0.15, -0.1) is 0 Å². The smallest absolute Gasteiger partial charge is 0.169 e. The van der Waals surface area contributed by atoms with Crippen molar-refractivity contribution < 1.29 is 14.2 Å². The summed E-state index contributed by atoms with van der Waals surface area (Å²) < 4.78 is 18.6. The van der Waals surface area contributed by atoms with E-state index < -0.39 is 0 Å². The van der Waals surface area contributed by atoms with Gasteiger partial charge < -0.3 is 14.2 Å². The molecule has 100 valence electrons. The second-order valence-corrected chi connectivity index (χ2v) is 6.76. The molecule has 4 aliphatic rings. The molecule has 2 saturated heterocycles. The van der Waals surface area contributed by atoms with Crippen LogP contribution in [-0.2, 0) is 14.2 Å². The Balaban J connectivity index is 1.59. The molecule has 2 bridgehead atoms. The summed E-state index contributed by atoms with van der Waals surface area (Å²) in [5.74, 6) is 0.658. The minimum absolute atomic E-state index is 0.107. The lowest BCUT2D eigenvalue weighted by Crippen LogP contribution is -2.41. The summed E-state index contributed by atoms with van der Waals surface area (Å²) in [4.78, 5) is 0. The van der Waals surface area contributed by atoms with E-state index in [0.29, 0.717) is 0 Å². The third-order valence-corrected chi connectivity index (χ3v) is 5.34. The summed E-state index contributed by atoms with van der Waals surface area (Å²) in [5, 5.41) is 0. The molecule has 0 radical (unpaired) electrons. The molecule has 4 rings (SSSR count). The lowest BCUT2D eigenvalue weighted by atomic mass is 9.73. The van der Waals surface area contributed by atoms with E-state index in [9.17, 15) is 0 Å². The predicted molar refractivity (Wildman–Crippen MR) is 66.9 cm³/mol. The zero-order valence-corrected chi connectivity index (χ0v) is 11.1. The molecule has 0 aromatic carbocycles. The predicted octanol–water partition coefficient (Wildman–Crippen LogP) is 3.14. The minimum Gasteiger partial charge on any atom is -0.492 e. The van der Waals surface area contributed by atoms with Gasteiger partial charge in [-0.25, -0.2) is 0 Å². The van der Waals surface area contributed by atoms with Crippen LogP contribution in [0.2, 0.25) is 0 Å². The standard InChI is InChI=1S/C15H22O3/c1-10-14(2)8-11(16-10)13-12(9-14)17-15(18-13)6-4-3-5-7-15/h11-13H,1,3-9H2,2H3/t11-,12-,13?,14+/m1/s1. The van der Waals surface area contributed by atoms with Gasteiger partial charge in [-0.1, -0.05) is 19.9 Å². The molecular formula is C15H22O3. The third-order valence-electron chi connectivity index (χ3n) is 5.34. The number of rotatable bonds is 0. The maximum absolute atomic E-state index is 6.34. The zero-order valence-electron chi connectivity index (χ0n) is 11.1. The largest absolute Gasteiger partial charge is 0.492 e. The maximum atomic E-state index is 6.34. The normalized spacial score (nSPS) is 49.2. The average molecular weight is 250 g/mol. The molecule has 3 heteroatoms.